The zero-order valence-electron chi connectivity index (χ0n) is 6.91. The van der Waals surface area contributed by atoms with Crippen LogP contribution in [0.25, 0.3) is 0 Å². The number of rotatable bonds is 2. The van der Waals surface area contributed by atoms with E-state index in [2.05, 4.69) is 0 Å². The Labute approximate surface area is 79.0 Å². The SMILES string of the molecule is CCOC(=O)c1ccccc1.S. The lowest BCUT2D eigenvalue weighted by Gasteiger charge is -1.99. The van der Waals surface area contributed by atoms with Crippen LogP contribution in [0.4, 0.5) is 0 Å². The first-order valence-electron chi connectivity index (χ1n) is 3.56. The van der Waals surface area contributed by atoms with Gasteiger partial charge in [0, 0.05) is 0 Å². The van der Waals surface area contributed by atoms with Crippen molar-refractivity contribution in [2.45, 2.75) is 6.92 Å². The van der Waals surface area contributed by atoms with Gasteiger partial charge in [0.15, 0.2) is 0 Å². The molecule has 0 bridgehead atoms. The van der Waals surface area contributed by atoms with Crippen LogP contribution < -0.4 is 0 Å². The van der Waals surface area contributed by atoms with E-state index in [0.717, 1.165) is 0 Å². The molecule has 3 heteroatoms. The summed E-state index contributed by atoms with van der Waals surface area (Å²) in [5, 5.41) is 0. The van der Waals surface area contributed by atoms with Crippen molar-refractivity contribution in [2.75, 3.05) is 6.61 Å². The van der Waals surface area contributed by atoms with Gasteiger partial charge in [0.25, 0.3) is 0 Å². The highest BCUT2D eigenvalue weighted by Crippen LogP contribution is 1.99. The molecule has 0 saturated heterocycles. The normalized spacial score (nSPS) is 8.42. The van der Waals surface area contributed by atoms with E-state index in [0.29, 0.717) is 12.2 Å². The lowest BCUT2D eigenvalue weighted by atomic mass is 10.2. The van der Waals surface area contributed by atoms with Gasteiger partial charge in [-0.05, 0) is 19.1 Å². The Morgan fingerprint density at radius 2 is 1.92 bits per heavy atom. The first kappa shape index (κ1) is 11.0. The van der Waals surface area contributed by atoms with Crippen LogP contribution >= 0.6 is 13.5 Å². The number of esters is 1. The van der Waals surface area contributed by atoms with Crippen molar-refractivity contribution in [3.8, 4) is 0 Å². The second-order valence-electron chi connectivity index (χ2n) is 2.09. The molecule has 0 N–H and O–H groups in total. The van der Waals surface area contributed by atoms with E-state index in [1.807, 2.05) is 18.2 Å². The molecular formula is C9H12O2S. The molecule has 0 fully saturated rings. The molecule has 0 aliphatic heterocycles. The molecule has 1 rings (SSSR count). The van der Waals surface area contributed by atoms with Crippen LogP contribution in [0.15, 0.2) is 30.3 Å². The van der Waals surface area contributed by atoms with Crippen molar-refractivity contribution in [1.29, 1.82) is 0 Å². The van der Waals surface area contributed by atoms with Gasteiger partial charge >= 0.3 is 5.97 Å². The molecule has 0 aliphatic carbocycles. The highest BCUT2D eigenvalue weighted by atomic mass is 32.1. The average molecular weight is 184 g/mol. The first-order valence-corrected chi connectivity index (χ1v) is 3.56. The van der Waals surface area contributed by atoms with Crippen molar-refractivity contribution in [3.05, 3.63) is 35.9 Å². The summed E-state index contributed by atoms with van der Waals surface area (Å²) in [6, 6.07) is 8.96. The van der Waals surface area contributed by atoms with Crippen LogP contribution in [0.3, 0.4) is 0 Å². The van der Waals surface area contributed by atoms with E-state index in [4.69, 9.17) is 4.74 Å². The van der Waals surface area contributed by atoms with Crippen LogP contribution in [-0.4, -0.2) is 12.6 Å². The molecular weight excluding hydrogens is 172 g/mol. The molecule has 0 spiro atoms. The Morgan fingerprint density at radius 1 is 1.33 bits per heavy atom. The van der Waals surface area contributed by atoms with Gasteiger partial charge in [-0.2, -0.15) is 13.5 Å². The largest absolute Gasteiger partial charge is 0.462 e. The molecule has 1 aromatic carbocycles. The summed E-state index contributed by atoms with van der Waals surface area (Å²) >= 11 is 0. The van der Waals surface area contributed by atoms with Crippen LogP contribution in [0, 0.1) is 0 Å². The fraction of sp³-hybridized carbons (Fsp3) is 0.222. The summed E-state index contributed by atoms with van der Waals surface area (Å²) in [6.45, 7) is 2.22. The van der Waals surface area contributed by atoms with Gasteiger partial charge in [-0.3, -0.25) is 0 Å². The number of carbonyl (C=O) groups excluding carboxylic acids is 1. The Kier molecular flexibility index (Phi) is 5.21. The molecule has 0 saturated carbocycles. The Bertz CT molecular complexity index is 234. The van der Waals surface area contributed by atoms with Crippen molar-refractivity contribution < 1.29 is 9.53 Å². The fourth-order valence-electron chi connectivity index (χ4n) is 0.789. The minimum absolute atomic E-state index is 0. The van der Waals surface area contributed by atoms with Crippen LogP contribution in [0.5, 0.6) is 0 Å². The number of carbonyl (C=O) groups is 1. The average Bonchev–Trinajstić information content (AvgIpc) is 2.07. The van der Waals surface area contributed by atoms with Crippen molar-refractivity contribution in [3.63, 3.8) is 0 Å². The topological polar surface area (TPSA) is 26.3 Å². The fourth-order valence-corrected chi connectivity index (χ4v) is 0.789. The van der Waals surface area contributed by atoms with E-state index in [1.54, 1.807) is 19.1 Å². The lowest BCUT2D eigenvalue weighted by Crippen LogP contribution is -2.03. The molecule has 0 radical (unpaired) electrons. The molecule has 12 heavy (non-hydrogen) atoms. The maximum Gasteiger partial charge on any atom is 0.338 e. The molecule has 66 valence electrons. The van der Waals surface area contributed by atoms with Gasteiger partial charge in [0.05, 0.1) is 12.2 Å². The molecule has 2 nitrogen and oxygen atoms in total. The predicted octanol–water partition coefficient (Wildman–Crippen LogP) is 1.98. The summed E-state index contributed by atoms with van der Waals surface area (Å²) in [7, 11) is 0. The zero-order valence-corrected chi connectivity index (χ0v) is 7.91. The minimum Gasteiger partial charge on any atom is -0.462 e. The second-order valence-corrected chi connectivity index (χ2v) is 2.09. The third-order valence-corrected chi connectivity index (χ3v) is 1.28. The maximum atomic E-state index is 11.0. The molecule has 0 unspecified atom stereocenters. The zero-order chi connectivity index (χ0) is 8.10. The summed E-state index contributed by atoms with van der Waals surface area (Å²) in [5.74, 6) is -0.256. The van der Waals surface area contributed by atoms with Gasteiger partial charge in [0.2, 0.25) is 0 Å². The van der Waals surface area contributed by atoms with E-state index in [-0.39, 0.29) is 19.5 Å². The van der Waals surface area contributed by atoms with Crippen molar-refractivity contribution in [1.82, 2.24) is 0 Å². The van der Waals surface area contributed by atoms with Gasteiger partial charge < -0.3 is 4.74 Å². The smallest absolute Gasteiger partial charge is 0.338 e. The van der Waals surface area contributed by atoms with Crippen molar-refractivity contribution >= 4 is 19.5 Å². The highest BCUT2D eigenvalue weighted by molar-refractivity contribution is 7.59. The third kappa shape index (κ3) is 2.96. The van der Waals surface area contributed by atoms with Gasteiger partial charge in [-0.15, -0.1) is 0 Å². The summed E-state index contributed by atoms with van der Waals surface area (Å²) in [6.07, 6.45) is 0. The lowest BCUT2D eigenvalue weighted by molar-refractivity contribution is 0.0526. The summed E-state index contributed by atoms with van der Waals surface area (Å²) in [4.78, 5) is 11.0. The maximum absolute atomic E-state index is 11.0. The Balaban J connectivity index is 0.00000121. The number of ether oxygens (including phenoxy) is 1. The molecule has 0 heterocycles. The van der Waals surface area contributed by atoms with Crippen molar-refractivity contribution in [2.24, 2.45) is 0 Å². The van der Waals surface area contributed by atoms with Crippen LogP contribution in [0.2, 0.25) is 0 Å². The quantitative estimate of drug-likeness (QED) is 0.657. The van der Waals surface area contributed by atoms with E-state index >= 15 is 0 Å². The Hall–Kier alpha value is -0.960. The summed E-state index contributed by atoms with van der Waals surface area (Å²) < 4.78 is 4.79. The number of benzene rings is 1. The molecule has 0 atom stereocenters. The van der Waals surface area contributed by atoms with E-state index < -0.39 is 0 Å². The monoisotopic (exact) mass is 184 g/mol. The van der Waals surface area contributed by atoms with Crippen LogP contribution in [-0.2, 0) is 4.74 Å². The molecule has 0 aliphatic rings. The molecule has 1 aromatic rings. The summed E-state index contributed by atoms with van der Waals surface area (Å²) in [5.41, 5.74) is 0.606. The van der Waals surface area contributed by atoms with Crippen LogP contribution in [0.1, 0.15) is 17.3 Å². The molecule has 0 amide bonds. The predicted molar refractivity (Wildman–Crippen MR) is 52.8 cm³/mol. The number of hydrogen-bond donors (Lipinski definition) is 0. The van der Waals surface area contributed by atoms with E-state index in [1.165, 1.54) is 0 Å². The molecule has 0 aromatic heterocycles. The minimum atomic E-state index is -0.256. The third-order valence-electron chi connectivity index (χ3n) is 1.28. The second kappa shape index (κ2) is 5.66. The number of hydrogen-bond acceptors (Lipinski definition) is 2. The van der Waals surface area contributed by atoms with Gasteiger partial charge in [-0.25, -0.2) is 4.79 Å². The highest BCUT2D eigenvalue weighted by Gasteiger charge is 2.02. The van der Waals surface area contributed by atoms with Gasteiger partial charge in [-0.1, -0.05) is 18.2 Å². The first-order chi connectivity index (χ1) is 5.34. The van der Waals surface area contributed by atoms with E-state index in [9.17, 15) is 4.79 Å². The Morgan fingerprint density at radius 3 is 2.42 bits per heavy atom. The standard InChI is InChI=1S/C9H10O2.H2S/c1-2-11-9(10)8-6-4-3-5-7-8;/h3-7H,2H2,1H3;1H2. The van der Waals surface area contributed by atoms with Gasteiger partial charge in [0.1, 0.15) is 0 Å².